The molecular weight excluding hydrogens is 268 g/mol. The molecule has 1 amide bonds. The van der Waals surface area contributed by atoms with Crippen molar-refractivity contribution in [1.82, 2.24) is 10.3 Å². The molecule has 2 unspecified atom stereocenters. The lowest BCUT2D eigenvalue weighted by molar-refractivity contribution is 0.0914. The molecule has 21 heavy (non-hydrogen) atoms. The van der Waals surface area contributed by atoms with Gasteiger partial charge in [-0.3, -0.25) is 9.78 Å². The van der Waals surface area contributed by atoms with Gasteiger partial charge in [0.05, 0.1) is 18.3 Å². The average Bonchev–Trinajstić information content (AvgIpc) is 2.95. The maximum Gasteiger partial charge on any atom is 0.253 e. The Bertz CT molecular complexity index is 548. The van der Waals surface area contributed by atoms with Gasteiger partial charge in [0.2, 0.25) is 0 Å². The van der Waals surface area contributed by atoms with E-state index >= 15 is 0 Å². The fraction of sp³-hybridized carbons (Fsp3) is 0.500. The third-order valence-corrected chi connectivity index (χ3v) is 3.52. The molecule has 0 bridgehead atoms. The highest BCUT2D eigenvalue weighted by Crippen LogP contribution is 2.21. The molecule has 1 aliphatic rings. The van der Waals surface area contributed by atoms with Crippen LogP contribution in [0.25, 0.3) is 0 Å². The number of hydrogen-bond acceptors (Lipinski definition) is 4. The third-order valence-electron chi connectivity index (χ3n) is 3.52. The molecule has 0 radical (unpaired) electrons. The molecule has 5 heteroatoms. The summed E-state index contributed by atoms with van der Waals surface area (Å²) >= 11 is 0. The zero-order valence-electron chi connectivity index (χ0n) is 12.1. The predicted octanol–water partition coefficient (Wildman–Crippen LogP) is 1.11. The third kappa shape index (κ3) is 4.55. The molecule has 1 saturated carbocycles. The first-order valence-corrected chi connectivity index (χ1v) is 7.11. The Morgan fingerprint density at radius 2 is 2.38 bits per heavy atom. The van der Waals surface area contributed by atoms with E-state index in [0.717, 1.165) is 19.3 Å². The Morgan fingerprint density at radius 1 is 1.52 bits per heavy atom. The molecule has 2 rings (SSSR count). The van der Waals surface area contributed by atoms with E-state index in [-0.39, 0.29) is 24.7 Å². The van der Waals surface area contributed by atoms with Gasteiger partial charge in [-0.1, -0.05) is 11.8 Å². The van der Waals surface area contributed by atoms with Gasteiger partial charge in [-0.25, -0.2) is 0 Å². The summed E-state index contributed by atoms with van der Waals surface area (Å²) in [6.07, 6.45) is 6.57. The quantitative estimate of drug-likeness (QED) is 0.814. The Kier molecular flexibility index (Phi) is 5.73. The van der Waals surface area contributed by atoms with Crippen LogP contribution in [0.4, 0.5) is 0 Å². The molecule has 1 fully saturated rings. The molecule has 0 aromatic carbocycles. The number of ether oxygens (including phenoxy) is 1. The molecule has 2 atom stereocenters. The first-order valence-electron chi connectivity index (χ1n) is 7.11. The van der Waals surface area contributed by atoms with Crippen LogP contribution in [0, 0.1) is 11.8 Å². The van der Waals surface area contributed by atoms with Gasteiger partial charge in [-0.15, -0.1) is 0 Å². The molecule has 1 heterocycles. The van der Waals surface area contributed by atoms with E-state index in [2.05, 4.69) is 22.1 Å². The molecule has 0 saturated heterocycles. The van der Waals surface area contributed by atoms with E-state index in [4.69, 9.17) is 9.84 Å². The van der Waals surface area contributed by atoms with Crippen LogP contribution in [0.5, 0.6) is 0 Å². The standard InChI is InChI=1S/C16H20N2O3/c1-21-15-6-5-14(9-15)18-16(20)13-8-12(10-17-11-13)4-2-3-7-19/h8,10-11,14-15,19H,3,5-7,9H2,1H3,(H,18,20). The number of carbonyl (C=O) groups is 1. The lowest BCUT2D eigenvalue weighted by Gasteiger charge is -2.12. The van der Waals surface area contributed by atoms with Gasteiger partial charge in [-0.05, 0) is 25.3 Å². The van der Waals surface area contributed by atoms with Crippen LogP contribution in [0.3, 0.4) is 0 Å². The minimum atomic E-state index is -0.130. The van der Waals surface area contributed by atoms with Crippen molar-refractivity contribution in [3.05, 3.63) is 29.6 Å². The highest BCUT2D eigenvalue weighted by molar-refractivity contribution is 5.94. The van der Waals surface area contributed by atoms with Gasteiger partial charge < -0.3 is 15.2 Å². The Hall–Kier alpha value is -1.90. The summed E-state index contributed by atoms with van der Waals surface area (Å²) in [7, 11) is 1.70. The van der Waals surface area contributed by atoms with E-state index in [0.29, 0.717) is 17.5 Å². The Balaban J connectivity index is 1.97. The zero-order chi connectivity index (χ0) is 15.1. The number of aliphatic hydroxyl groups excluding tert-OH is 1. The summed E-state index contributed by atoms with van der Waals surface area (Å²) in [6.45, 7) is 0.0307. The number of rotatable bonds is 4. The summed E-state index contributed by atoms with van der Waals surface area (Å²) < 4.78 is 5.30. The molecule has 0 spiro atoms. The molecule has 1 aliphatic carbocycles. The number of aliphatic hydroxyl groups is 1. The minimum Gasteiger partial charge on any atom is -0.395 e. The number of amides is 1. The second kappa shape index (κ2) is 7.77. The number of nitrogens with one attached hydrogen (secondary N) is 1. The maximum atomic E-state index is 12.2. The van der Waals surface area contributed by atoms with Crippen LogP contribution in [0.2, 0.25) is 0 Å². The van der Waals surface area contributed by atoms with E-state index in [1.807, 2.05) is 0 Å². The molecule has 1 aromatic rings. The number of carbonyl (C=O) groups excluding carboxylic acids is 1. The molecule has 112 valence electrons. The highest BCUT2D eigenvalue weighted by atomic mass is 16.5. The number of aromatic nitrogens is 1. The second-order valence-corrected chi connectivity index (χ2v) is 5.08. The van der Waals surface area contributed by atoms with Crippen molar-refractivity contribution in [2.75, 3.05) is 13.7 Å². The van der Waals surface area contributed by atoms with Gasteiger partial charge in [-0.2, -0.15) is 0 Å². The van der Waals surface area contributed by atoms with Crippen molar-refractivity contribution >= 4 is 5.91 Å². The van der Waals surface area contributed by atoms with Gasteiger partial charge in [0, 0.05) is 37.5 Å². The molecule has 2 N–H and O–H groups in total. The topological polar surface area (TPSA) is 71.5 Å². The fourth-order valence-electron chi connectivity index (χ4n) is 2.41. The SMILES string of the molecule is COC1CCC(NC(=O)c2cncc(C#CCCO)c2)C1. The van der Waals surface area contributed by atoms with E-state index in [1.54, 1.807) is 19.4 Å². The molecule has 5 nitrogen and oxygen atoms in total. The monoisotopic (exact) mass is 288 g/mol. The van der Waals surface area contributed by atoms with Crippen LogP contribution >= 0.6 is 0 Å². The highest BCUT2D eigenvalue weighted by Gasteiger charge is 2.25. The lowest BCUT2D eigenvalue weighted by Crippen LogP contribution is -2.33. The van der Waals surface area contributed by atoms with Crippen LogP contribution in [0.15, 0.2) is 18.5 Å². The van der Waals surface area contributed by atoms with Crippen LogP contribution < -0.4 is 5.32 Å². The fourth-order valence-corrected chi connectivity index (χ4v) is 2.41. The number of hydrogen-bond donors (Lipinski definition) is 2. The lowest BCUT2D eigenvalue weighted by atomic mass is 10.1. The van der Waals surface area contributed by atoms with Gasteiger partial charge in [0.25, 0.3) is 5.91 Å². The van der Waals surface area contributed by atoms with Gasteiger partial charge in [0.1, 0.15) is 0 Å². The normalized spacial score (nSPS) is 20.7. The van der Waals surface area contributed by atoms with Crippen molar-refractivity contribution in [3.63, 3.8) is 0 Å². The number of nitrogens with zero attached hydrogens (tertiary/aromatic N) is 1. The summed E-state index contributed by atoms with van der Waals surface area (Å²) in [6, 6.07) is 1.88. The minimum absolute atomic E-state index is 0.0307. The smallest absolute Gasteiger partial charge is 0.253 e. The van der Waals surface area contributed by atoms with Crippen molar-refractivity contribution in [2.24, 2.45) is 0 Å². The first-order chi connectivity index (χ1) is 10.2. The summed E-state index contributed by atoms with van der Waals surface area (Å²) in [4.78, 5) is 16.2. The molecule has 0 aliphatic heterocycles. The van der Waals surface area contributed by atoms with E-state index in [9.17, 15) is 4.79 Å². The summed E-state index contributed by atoms with van der Waals surface area (Å²) in [5.41, 5.74) is 1.18. The predicted molar refractivity (Wildman–Crippen MR) is 78.7 cm³/mol. The van der Waals surface area contributed by atoms with Crippen LogP contribution in [-0.2, 0) is 4.74 Å². The van der Waals surface area contributed by atoms with E-state index in [1.165, 1.54) is 6.20 Å². The number of methoxy groups -OCH3 is 1. The number of pyridine rings is 1. The largest absolute Gasteiger partial charge is 0.395 e. The first kappa shape index (κ1) is 15.5. The average molecular weight is 288 g/mol. The summed E-state index contributed by atoms with van der Waals surface area (Å²) in [5, 5.41) is 11.7. The summed E-state index contributed by atoms with van der Waals surface area (Å²) in [5.74, 6) is 5.56. The second-order valence-electron chi connectivity index (χ2n) is 5.08. The maximum absolute atomic E-state index is 12.2. The van der Waals surface area contributed by atoms with E-state index < -0.39 is 0 Å². The van der Waals surface area contributed by atoms with Crippen molar-refractivity contribution < 1.29 is 14.6 Å². The van der Waals surface area contributed by atoms with Crippen LogP contribution in [0.1, 0.15) is 41.6 Å². The molecule has 1 aromatic heterocycles. The van der Waals surface area contributed by atoms with Crippen molar-refractivity contribution in [2.45, 2.75) is 37.8 Å². The van der Waals surface area contributed by atoms with Crippen molar-refractivity contribution in [1.29, 1.82) is 0 Å². The Labute approximate surface area is 124 Å². The van der Waals surface area contributed by atoms with Gasteiger partial charge >= 0.3 is 0 Å². The zero-order valence-corrected chi connectivity index (χ0v) is 12.1. The van der Waals surface area contributed by atoms with Crippen molar-refractivity contribution in [3.8, 4) is 11.8 Å². The van der Waals surface area contributed by atoms with Gasteiger partial charge in [0.15, 0.2) is 0 Å². The van der Waals surface area contributed by atoms with Crippen LogP contribution in [-0.4, -0.2) is 41.9 Å². The Morgan fingerprint density at radius 3 is 3.10 bits per heavy atom. The molecular formula is C16H20N2O3.